The van der Waals surface area contributed by atoms with Crippen LogP contribution in [0.2, 0.25) is 0 Å². The fourth-order valence-corrected chi connectivity index (χ4v) is 3.38. The van der Waals surface area contributed by atoms with Gasteiger partial charge in [-0.05, 0) is 42.8 Å². The van der Waals surface area contributed by atoms with Gasteiger partial charge in [-0.1, -0.05) is 30.8 Å². The van der Waals surface area contributed by atoms with Gasteiger partial charge in [0.2, 0.25) is 5.91 Å². The summed E-state index contributed by atoms with van der Waals surface area (Å²) in [6.45, 7) is 1.92. The summed E-state index contributed by atoms with van der Waals surface area (Å²) >= 11 is 1.25. The lowest BCUT2D eigenvalue weighted by Gasteiger charge is -2.14. The van der Waals surface area contributed by atoms with Crippen molar-refractivity contribution in [3.05, 3.63) is 58.9 Å². The van der Waals surface area contributed by atoms with E-state index in [0.717, 1.165) is 5.75 Å². The van der Waals surface area contributed by atoms with Crippen molar-refractivity contribution in [3.63, 3.8) is 0 Å². The number of fused-ring (bicyclic) bond motifs is 1. The van der Waals surface area contributed by atoms with Crippen molar-refractivity contribution < 1.29 is 9.53 Å². The number of para-hydroxylation sites is 1. The summed E-state index contributed by atoms with van der Waals surface area (Å²) in [5.74, 6) is 0.584. The number of H-pyrrole nitrogens is 1. The molecule has 0 aliphatic heterocycles. The molecule has 1 aromatic heterocycles. The molecule has 6 nitrogen and oxygen atoms in total. The maximum Gasteiger partial charge on any atom is 0.259 e. The molecule has 0 radical (unpaired) electrons. The highest BCUT2D eigenvalue weighted by molar-refractivity contribution is 8.00. The number of hydrogen-bond acceptors (Lipinski definition) is 5. The SMILES string of the molecule is CCC(Sc1nc2ccccc2c(=O)[nH]1)C(=O)Nc1ccc(OC)cc1. The van der Waals surface area contributed by atoms with Gasteiger partial charge in [-0.2, -0.15) is 0 Å². The normalized spacial score (nSPS) is 11.9. The summed E-state index contributed by atoms with van der Waals surface area (Å²) in [7, 11) is 1.59. The Balaban J connectivity index is 1.76. The van der Waals surface area contributed by atoms with E-state index in [1.807, 2.05) is 13.0 Å². The van der Waals surface area contributed by atoms with Gasteiger partial charge in [0.1, 0.15) is 5.75 Å². The van der Waals surface area contributed by atoms with E-state index < -0.39 is 0 Å². The Morgan fingerprint density at radius 2 is 1.96 bits per heavy atom. The number of benzene rings is 2. The number of rotatable bonds is 6. The minimum Gasteiger partial charge on any atom is -0.497 e. The first-order valence-corrected chi connectivity index (χ1v) is 9.09. The zero-order chi connectivity index (χ0) is 18.5. The number of ether oxygens (including phenoxy) is 1. The fraction of sp³-hybridized carbons (Fsp3) is 0.211. The summed E-state index contributed by atoms with van der Waals surface area (Å²) in [4.78, 5) is 31.9. The molecule has 3 rings (SSSR count). The third-order valence-electron chi connectivity index (χ3n) is 3.87. The summed E-state index contributed by atoms with van der Waals surface area (Å²) in [5, 5.41) is 3.48. The first-order chi connectivity index (χ1) is 12.6. The topological polar surface area (TPSA) is 84.1 Å². The van der Waals surface area contributed by atoms with E-state index in [9.17, 15) is 9.59 Å². The zero-order valence-electron chi connectivity index (χ0n) is 14.5. The van der Waals surface area contributed by atoms with Crippen molar-refractivity contribution >= 4 is 34.3 Å². The molecule has 1 atom stereocenters. The molecule has 1 amide bonds. The van der Waals surface area contributed by atoms with Gasteiger partial charge in [-0.3, -0.25) is 9.59 Å². The Morgan fingerprint density at radius 3 is 2.65 bits per heavy atom. The lowest BCUT2D eigenvalue weighted by molar-refractivity contribution is -0.115. The van der Waals surface area contributed by atoms with Crippen LogP contribution >= 0.6 is 11.8 Å². The molecule has 0 saturated heterocycles. The number of nitrogens with one attached hydrogen (secondary N) is 2. The lowest BCUT2D eigenvalue weighted by Crippen LogP contribution is -2.25. The highest BCUT2D eigenvalue weighted by Crippen LogP contribution is 2.24. The molecule has 0 aliphatic carbocycles. The Hall–Kier alpha value is -2.80. The molecule has 7 heteroatoms. The minimum atomic E-state index is -0.374. The summed E-state index contributed by atoms with van der Waals surface area (Å²) in [5.41, 5.74) is 1.10. The average molecular weight is 369 g/mol. The van der Waals surface area contributed by atoms with Crippen LogP contribution in [0.5, 0.6) is 5.75 Å². The third-order valence-corrected chi connectivity index (χ3v) is 5.11. The molecule has 134 valence electrons. The molecule has 2 N–H and O–H groups in total. The van der Waals surface area contributed by atoms with Crippen LogP contribution in [0.15, 0.2) is 58.5 Å². The molecule has 1 heterocycles. The standard InChI is InChI=1S/C19H19N3O3S/c1-3-16(18(24)20-12-8-10-13(25-2)11-9-12)26-19-21-15-7-5-4-6-14(15)17(23)22-19/h4-11,16H,3H2,1-2H3,(H,20,24)(H,21,22,23). The van der Waals surface area contributed by atoms with E-state index in [1.165, 1.54) is 11.8 Å². The first kappa shape index (κ1) is 18.0. The number of anilines is 1. The molecule has 2 aromatic carbocycles. The van der Waals surface area contributed by atoms with E-state index in [4.69, 9.17) is 4.74 Å². The number of aromatic amines is 1. The highest BCUT2D eigenvalue weighted by Gasteiger charge is 2.20. The molecule has 1 unspecified atom stereocenters. The van der Waals surface area contributed by atoms with Crippen molar-refractivity contribution in [2.24, 2.45) is 0 Å². The van der Waals surface area contributed by atoms with Crippen LogP contribution in [-0.2, 0) is 4.79 Å². The van der Waals surface area contributed by atoms with Crippen LogP contribution in [0.3, 0.4) is 0 Å². The second-order valence-electron chi connectivity index (χ2n) is 5.62. The molecular weight excluding hydrogens is 350 g/mol. The maximum absolute atomic E-state index is 12.6. The Kier molecular flexibility index (Phi) is 5.58. The van der Waals surface area contributed by atoms with Gasteiger partial charge in [-0.15, -0.1) is 0 Å². The largest absolute Gasteiger partial charge is 0.497 e. The zero-order valence-corrected chi connectivity index (χ0v) is 15.3. The van der Waals surface area contributed by atoms with Crippen LogP contribution in [0.4, 0.5) is 5.69 Å². The van der Waals surface area contributed by atoms with E-state index in [2.05, 4.69) is 15.3 Å². The van der Waals surface area contributed by atoms with Gasteiger partial charge in [0.25, 0.3) is 5.56 Å². The number of aromatic nitrogens is 2. The van der Waals surface area contributed by atoms with Gasteiger partial charge >= 0.3 is 0 Å². The molecule has 3 aromatic rings. The summed E-state index contributed by atoms with van der Waals surface area (Å²) < 4.78 is 5.11. The molecule has 0 saturated carbocycles. The second kappa shape index (κ2) is 8.05. The van der Waals surface area contributed by atoms with Crippen molar-refractivity contribution in [3.8, 4) is 5.75 Å². The van der Waals surface area contributed by atoms with Crippen molar-refractivity contribution in [2.45, 2.75) is 23.8 Å². The molecule has 26 heavy (non-hydrogen) atoms. The number of carbonyl (C=O) groups is 1. The fourth-order valence-electron chi connectivity index (χ4n) is 2.47. The number of hydrogen-bond donors (Lipinski definition) is 2. The summed E-state index contributed by atoms with van der Waals surface area (Å²) in [6, 6.07) is 14.3. The minimum absolute atomic E-state index is 0.140. The van der Waals surface area contributed by atoms with Gasteiger partial charge < -0.3 is 15.0 Å². The van der Waals surface area contributed by atoms with E-state index in [-0.39, 0.29) is 16.7 Å². The van der Waals surface area contributed by atoms with Crippen LogP contribution < -0.4 is 15.6 Å². The van der Waals surface area contributed by atoms with Gasteiger partial charge in [-0.25, -0.2) is 4.98 Å². The number of amides is 1. The molecule has 0 fully saturated rings. The number of carbonyl (C=O) groups excluding carboxylic acids is 1. The highest BCUT2D eigenvalue weighted by atomic mass is 32.2. The third kappa shape index (κ3) is 4.05. The second-order valence-corrected chi connectivity index (χ2v) is 6.81. The number of methoxy groups -OCH3 is 1. The van der Waals surface area contributed by atoms with Gasteiger partial charge in [0.05, 0.1) is 23.3 Å². The number of thioether (sulfide) groups is 1. The maximum atomic E-state index is 12.6. The predicted molar refractivity (Wildman–Crippen MR) is 104 cm³/mol. The van der Waals surface area contributed by atoms with Gasteiger partial charge in [0.15, 0.2) is 5.16 Å². The molecule has 0 spiro atoms. The Morgan fingerprint density at radius 1 is 1.23 bits per heavy atom. The van der Waals surface area contributed by atoms with Crippen LogP contribution in [-0.4, -0.2) is 28.2 Å². The van der Waals surface area contributed by atoms with Crippen LogP contribution in [0.1, 0.15) is 13.3 Å². The van der Waals surface area contributed by atoms with E-state index in [1.54, 1.807) is 49.6 Å². The Bertz CT molecular complexity index is 970. The summed E-state index contributed by atoms with van der Waals surface area (Å²) in [6.07, 6.45) is 0.600. The van der Waals surface area contributed by atoms with Crippen molar-refractivity contribution in [2.75, 3.05) is 12.4 Å². The monoisotopic (exact) mass is 369 g/mol. The van der Waals surface area contributed by atoms with E-state index >= 15 is 0 Å². The number of nitrogens with zero attached hydrogens (tertiary/aromatic N) is 1. The predicted octanol–water partition coefficient (Wildman–Crippen LogP) is 3.44. The quantitative estimate of drug-likeness (QED) is 0.514. The first-order valence-electron chi connectivity index (χ1n) is 8.21. The van der Waals surface area contributed by atoms with Crippen LogP contribution in [0.25, 0.3) is 10.9 Å². The molecular formula is C19H19N3O3S. The molecule has 0 bridgehead atoms. The smallest absolute Gasteiger partial charge is 0.259 e. The van der Waals surface area contributed by atoms with Crippen molar-refractivity contribution in [1.82, 2.24) is 9.97 Å². The van der Waals surface area contributed by atoms with Gasteiger partial charge in [0, 0.05) is 5.69 Å². The van der Waals surface area contributed by atoms with E-state index in [0.29, 0.717) is 28.2 Å². The lowest BCUT2D eigenvalue weighted by atomic mass is 10.2. The van der Waals surface area contributed by atoms with Crippen LogP contribution in [0, 0.1) is 0 Å². The van der Waals surface area contributed by atoms with Crippen molar-refractivity contribution in [1.29, 1.82) is 0 Å². The average Bonchev–Trinajstić information content (AvgIpc) is 2.66. The Labute approximate surface area is 155 Å². The molecule has 0 aliphatic rings.